The third-order valence-electron chi connectivity index (χ3n) is 2.84. The van der Waals surface area contributed by atoms with Gasteiger partial charge in [0, 0.05) is 6.04 Å². The molecule has 4 N–H and O–H groups in total. The molecule has 1 aromatic heterocycles. The van der Waals surface area contributed by atoms with E-state index in [0.717, 1.165) is 25.7 Å². The maximum Gasteiger partial charge on any atom is 0.322 e. The van der Waals surface area contributed by atoms with Crippen molar-refractivity contribution < 1.29 is 9.84 Å². The van der Waals surface area contributed by atoms with Crippen LogP contribution in [0.25, 0.3) is 0 Å². The lowest BCUT2D eigenvalue weighted by Gasteiger charge is -2.26. The van der Waals surface area contributed by atoms with Crippen LogP contribution in [0.3, 0.4) is 0 Å². The number of nitrogen functional groups attached to an aromatic ring is 1. The number of ether oxygens (including phenoxy) is 1. The normalized spacial score (nSPS) is 24.4. The molecule has 0 bridgehead atoms. The predicted molar refractivity (Wildman–Crippen MR) is 62.7 cm³/mol. The van der Waals surface area contributed by atoms with Gasteiger partial charge in [-0.25, -0.2) is 0 Å². The molecule has 0 spiro atoms. The van der Waals surface area contributed by atoms with Crippen LogP contribution in [0.2, 0.25) is 0 Å². The minimum absolute atomic E-state index is 0.134. The second-order valence-electron chi connectivity index (χ2n) is 4.15. The molecule has 94 valence electrons. The zero-order valence-corrected chi connectivity index (χ0v) is 9.76. The third kappa shape index (κ3) is 3.16. The summed E-state index contributed by atoms with van der Waals surface area (Å²) in [5.41, 5.74) is 5.54. The van der Waals surface area contributed by atoms with Crippen molar-refractivity contribution in [1.82, 2.24) is 15.0 Å². The minimum atomic E-state index is -0.175. The van der Waals surface area contributed by atoms with E-state index in [-0.39, 0.29) is 24.1 Å². The highest BCUT2D eigenvalue weighted by Gasteiger charge is 2.20. The average Bonchev–Trinajstić information content (AvgIpc) is 2.31. The third-order valence-corrected chi connectivity index (χ3v) is 2.84. The molecule has 0 unspecified atom stereocenters. The van der Waals surface area contributed by atoms with Crippen molar-refractivity contribution in [3.63, 3.8) is 0 Å². The van der Waals surface area contributed by atoms with Crippen LogP contribution in [0.5, 0.6) is 6.01 Å². The Hall–Kier alpha value is -1.63. The molecule has 0 saturated heterocycles. The standard InChI is InChI=1S/C10H17N5O2/c1-17-10-14-8(11)13-9(15-10)12-6-2-4-7(16)5-3-6/h6-7,16H,2-5H2,1H3,(H3,11,12,13,14,15). The van der Waals surface area contributed by atoms with Gasteiger partial charge < -0.3 is 20.9 Å². The first-order chi connectivity index (χ1) is 8.17. The van der Waals surface area contributed by atoms with E-state index in [0.29, 0.717) is 5.95 Å². The molecule has 1 fully saturated rings. The van der Waals surface area contributed by atoms with Crippen LogP contribution in [-0.2, 0) is 0 Å². The second-order valence-corrected chi connectivity index (χ2v) is 4.15. The number of nitrogens with zero attached hydrogens (tertiary/aromatic N) is 3. The number of nitrogens with two attached hydrogens (primary N) is 1. The Morgan fingerprint density at radius 2 is 1.94 bits per heavy atom. The van der Waals surface area contributed by atoms with Crippen LogP contribution >= 0.6 is 0 Å². The fraction of sp³-hybridized carbons (Fsp3) is 0.700. The molecule has 0 radical (unpaired) electrons. The highest BCUT2D eigenvalue weighted by Crippen LogP contribution is 2.21. The van der Waals surface area contributed by atoms with Crippen molar-refractivity contribution in [2.75, 3.05) is 18.2 Å². The van der Waals surface area contributed by atoms with E-state index in [4.69, 9.17) is 10.5 Å². The monoisotopic (exact) mass is 239 g/mol. The number of anilines is 2. The maximum absolute atomic E-state index is 9.41. The highest BCUT2D eigenvalue weighted by molar-refractivity contribution is 5.33. The molecule has 1 aliphatic carbocycles. The van der Waals surface area contributed by atoms with E-state index in [1.807, 2.05) is 0 Å². The molecule has 7 heteroatoms. The predicted octanol–water partition coefficient (Wildman–Crippen LogP) is 0.178. The van der Waals surface area contributed by atoms with Gasteiger partial charge in [0.1, 0.15) is 0 Å². The van der Waals surface area contributed by atoms with Crippen molar-refractivity contribution in [3.8, 4) is 6.01 Å². The van der Waals surface area contributed by atoms with Crippen LogP contribution in [-0.4, -0.2) is 39.3 Å². The fourth-order valence-corrected chi connectivity index (χ4v) is 1.93. The first kappa shape index (κ1) is 11.8. The SMILES string of the molecule is COc1nc(N)nc(NC2CCC(O)CC2)n1. The van der Waals surface area contributed by atoms with Gasteiger partial charge >= 0.3 is 6.01 Å². The molecule has 1 aromatic rings. The van der Waals surface area contributed by atoms with Crippen molar-refractivity contribution in [2.45, 2.75) is 37.8 Å². The van der Waals surface area contributed by atoms with Crippen molar-refractivity contribution in [2.24, 2.45) is 0 Å². The van der Waals surface area contributed by atoms with E-state index in [2.05, 4.69) is 20.3 Å². The summed E-state index contributed by atoms with van der Waals surface area (Å²) in [6.45, 7) is 0. The number of aliphatic hydroxyl groups excluding tert-OH is 1. The summed E-state index contributed by atoms with van der Waals surface area (Å²) in [5, 5.41) is 12.6. The number of methoxy groups -OCH3 is 1. The van der Waals surface area contributed by atoms with Crippen LogP contribution in [0.15, 0.2) is 0 Å². The number of aliphatic hydroxyl groups is 1. The van der Waals surface area contributed by atoms with E-state index < -0.39 is 0 Å². The minimum Gasteiger partial charge on any atom is -0.467 e. The van der Waals surface area contributed by atoms with Gasteiger partial charge in [-0.1, -0.05) is 0 Å². The molecule has 7 nitrogen and oxygen atoms in total. The molecular formula is C10H17N5O2. The molecular weight excluding hydrogens is 222 g/mol. The number of nitrogens with one attached hydrogen (secondary N) is 1. The largest absolute Gasteiger partial charge is 0.467 e. The zero-order valence-electron chi connectivity index (χ0n) is 9.76. The van der Waals surface area contributed by atoms with Crippen LogP contribution in [0, 0.1) is 0 Å². The van der Waals surface area contributed by atoms with Gasteiger partial charge in [-0.3, -0.25) is 0 Å². The van der Waals surface area contributed by atoms with E-state index in [1.54, 1.807) is 0 Å². The summed E-state index contributed by atoms with van der Waals surface area (Å²) in [7, 11) is 1.48. The Balaban J connectivity index is 2.00. The van der Waals surface area contributed by atoms with Gasteiger partial charge in [-0.05, 0) is 25.7 Å². The Kier molecular flexibility index (Phi) is 3.58. The second kappa shape index (κ2) is 5.13. The molecule has 1 heterocycles. The fourth-order valence-electron chi connectivity index (χ4n) is 1.93. The Morgan fingerprint density at radius 3 is 2.59 bits per heavy atom. The van der Waals surface area contributed by atoms with Crippen molar-refractivity contribution >= 4 is 11.9 Å². The summed E-state index contributed by atoms with van der Waals surface area (Å²) in [6.07, 6.45) is 3.22. The topological polar surface area (TPSA) is 106 Å². The van der Waals surface area contributed by atoms with Crippen molar-refractivity contribution in [1.29, 1.82) is 0 Å². The van der Waals surface area contributed by atoms with E-state index >= 15 is 0 Å². The summed E-state index contributed by atoms with van der Waals surface area (Å²) in [6, 6.07) is 0.473. The number of rotatable bonds is 3. The van der Waals surface area contributed by atoms with Gasteiger partial charge in [0.15, 0.2) is 0 Å². The van der Waals surface area contributed by atoms with E-state index in [1.165, 1.54) is 7.11 Å². The molecule has 17 heavy (non-hydrogen) atoms. The lowest BCUT2D eigenvalue weighted by molar-refractivity contribution is 0.126. The first-order valence-corrected chi connectivity index (χ1v) is 5.67. The smallest absolute Gasteiger partial charge is 0.322 e. The van der Waals surface area contributed by atoms with E-state index in [9.17, 15) is 5.11 Å². The lowest BCUT2D eigenvalue weighted by atomic mass is 9.93. The van der Waals surface area contributed by atoms with Crippen LogP contribution in [0.4, 0.5) is 11.9 Å². The number of hydrogen-bond acceptors (Lipinski definition) is 7. The Morgan fingerprint density at radius 1 is 1.24 bits per heavy atom. The molecule has 0 aromatic carbocycles. The molecule has 0 atom stereocenters. The summed E-state index contributed by atoms with van der Waals surface area (Å²) >= 11 is 0. The van der Waals surface area contributed by atoms with Gasteiger partial charge in [0.2, 0.25) is 11.9 Å². The van der Waals surface area contributed by atoms with Gasteiger partial charge in [-0.2, -0.15) is 15.0 Å². The summed E-state index contributed by atoms with van der Waals surface area (Å²) in [4.78, 5) is 11.9. The Bertz CT molecular complexity index is 379. The van der Waals surface area contributed by atoms with Gasteiger partial charge in [-0.15, -0.1) is 0 Å². The highest BCUT2D eigenvalue weighted by atomic mass is 16.5. The summed E-state index contributed by atoms with van der Waals surface area (Å²) in [5.74, 6) is 0.561. The van der Waals surface area contributed by atoms with Crippen LogP contribution < -0.4 is 15.8 Å². The molecule has 0 amide bonds. The average molecular weight is 239 g/mol. The first-order valence-electron chi connectivity index (χ1n) is 5.67. The van der Waals surface area contributed by atoms with Gasteiger partial charge in [0.05, 0.1) is 13.2 Å². The van der Waals surface area contributed by atoms with Crippen molar-refractivity contribution in [3.05, 3.63) is 0 Å². The van der Waals surface area contributed by atoms with Gasteiger partial charge in [0.25, 0.3) is 0 Å². The van der Waals surface area contributed by atoms with Crippen LogP contribution in [0.1, 0.15) is 25.7 Å². The zero-order chi connectivity index (χ0) is 12.3. The molecule has 1 saturated carbocycles. The molecule has 2 rings (SSSR count). The summed E-state index contributed by atoms with van der Waals surface area (Å²) < 4.78 is 4.92. The molecule has 0 aliphatic heterocycles. The molecule has 1 aliphatic rings. The Labute approximate surface area is 99.4 Å². The lowest BCUT2D eigenvalue weighted by Crippen LogP contribution is -2.29. The number of aromatic nitrogens is 3. The number of hydrogen-bond donors (Lipinski definition) is 3. The quantitative estimate of drug-likeness (QED) is 0.690. The maximum atomic E-state index is 9.41.